The third kappa shape index (κ3) is 5.55. The number of halogens is 1. The number of nitrogens with zero attached hydrogens (tertiary/aromatic N) is 1. The highest BCUT2D eigenvalue weighted by atomic mass is 35.5. The van der Waals surface area contributed by atoms with Crippen molar-refractivity contribution >= 4 is 17.5 Å². The van der Waals surface area contributed by atoms with Gasteiger partial charge in [0.15, 0.2) is 0 Å². The molecule has 0 radical (unpaired) electrons. The molecule has 2 aromatic carbocycles. The largest absolute Gasteiger partial charge is 0.497 e. The molecule has 1 fully saturated rings. The molecule has 4 nitrogen and oxygen atoms in total. The van der Waals surface area contributed by atoms with Crippen LogP contribution in [-0.2, 0) is 11.2 Å². The summed E-state index contributed by atoms with van der Waals surface area (Å²) in [5.41, 5.74) is 4.30. The monoisotopic (exact) mass is 450 g/mol. The first-order valence-electron chi connectivity index (χ1n) is 11.5. The van der Waals surface area contributed by atoms with Crippen molar-refractivity contribution in [3.63, 3.8) is 0 Å². The maximum atomic E-state index is 12.6. The smallest absolute Gasteiger partial charge is 0.220 e. The van der Waals surface area contributed by atoms with Crippen molar-refractivity contribution in [1.82, 2.24) is 9.88 Å². The molecule has 1 aliphatic rings. The highest BCUT2D eigenvalue weighted by molar-refractivity contribution is 6.30. The molecule has 1 aromatic heterocycles. The van der Waals surface area contributed by atoms with E-state index in [0.717, 1.165) is 34.9 Å². The van der Waals surface area contributed by atoms with Crippen LogP contribution < -0.4 is 10.1 Å². The number of rotatable bonds is 8. The normalized spacial score (nSPS) is 14.3. The van der Waals surface area contributed by atoms with Gasteiger partial charge in [-0.15, -0.1) is 0 Å². The molecule has 1 heterocycles. The van der Waals surface area contributed by atoms with Crippen LogP contribution in [-0.4, -0.2) is 24.1 Å². The third-order valence-electron chi connectivity index (χ3n) is 6.35. The van der Waals surface area contributed by atoms with Crippen LogP contribution in [0.1, 0.15) is 44.2 Å². The van der Waals surface area contributed by atoms with E-state index in [4.69, 9.17) is 16.3 Å². The van der Waals surface area contributed by atoms with Crippen molar-refractivity contribution in [3.8, 4) is 22.7 Å². The van der Waals surface area contributed by atoms with Gasteiger partial charge in [0, 0.05) is 29.4 Å². The first kappa shape index (κ1) is 22.5. The lowest BCUT2D eigenvalue weighted by Crippen LogP contribution is -2.30. The van der Waals surface area contributed by atoms with Crippen molar-refractivity contribution in [2.24, 2.45) is 5.92 Å². The molecule has 4 rings (SSSR count). The molecular weight excluding hydrogens is 420 g/mol. The van der Waals surface area contributed by atoms with Gasteiger partial charge >= 0.3 is 0 Å². The van der Waals surface area contributed by atoms with Gasteiger partial charge in [-0.1, -0.05) is 43.0 Å². The molecule has 0 saturated heterocycles. The summed E-state index contributed by atoms with van der Waals surface area (Å²) in [4.78, 5) is 12.6. The molecule has 168 valence electrons. The zero-order valence-corrected chi connectivity index (χ0v) is 19.4. The summed E-state index contributed by atoms with van der Waals surface area (Å²) in [6.07, 6.45) is 7.56. The molecule has 0 aliphatic heterocycles. The Labute approximate surface area is 195 Å². The summed E-state index contributed by atoms with van der Waals surface area (Å²) in [5.74, 6) is 1.59. The molecule has 5 heteroatoms. The van der Waals surface area contributed by atoms with E-state index >= 15 is 0 Å². The van der Waals surface area contributed by atoms with Gasteiger partial charge in [0.25, 0.3) is 0 Å². The number of amides is 1. The Morgan fingerprint density at radius 1 is 1.00 bits per heavy atom. The zero-order valence-electron chi connectivity index (χ0n) is 18.6. The Kier molecular flexibility index (Phi) is 7.54. The number of ether oxygens (including phenoxy) is 1. The number of nitrogens with one attached hydrogen (secondary N) is 1. The lowest BCUT2D eigenvalue weighted by Gasteiger charge is -2.21. The predicted molar refractivity (Wildman–Crippen MR) is 131 cm³/mol. The second-order valence-corrected chi connectivity index (χ2v) is 8.99. The van der Waals surface area contributed by atoms with Crippen molar-refractivity contribution < 1.29 is 9.53 Å². The summed E-state index contributed by atoms with van der Waals surface area (Å²) in [7, 11) is 1.67. The maximum absolute atomic E-state index is 12.6. The standard InChI is InChI=1S/C27H31ClN2O2/c1-32-25-15-11-23(12-16-25)30-24(13-17-26(30)21-7-9-22(28)10-8-21)14-18-27(31)29-19-20-5-3-2-4-6-20/h7-13,15-17,20H,2-6,14,18-19H2,1H3,(H,29,31). The molecule has 3 aromatic rings. The van der Waals surface area contributed by atoms with Crippen LogP contribution in [0.5, 0.6) is 5.75 Å². The van der Waals surface area contributed by atoms with E-state index in [1.807, 2.05) is 48.5 Å². The van der Waals surface area contributed by atoms with Crippen LogP contribution in [0, 0.1) is 5.92 Å². The lowest BCUT2D eigenvalue weighted by molar-refractivity contribution is -0.121. The summed E-state index contributed by atoms with van der Waals surface area (Å²) < 4.78 is 7.54. The summed E-state index contributed by atoms with van der Waals surface area (Å²) in [6, 6.07) is 20.1. The minimum atomic E-state index is 0.131. The topological polar surface area (TPSA) is 43.3 Å². The highest BCUT2D eigenvalue weighted by Gasteiger charge is 2.16. The van der Waals surface area contributed by atoms with Gasteiger partial charge in [-0.2, -0.15) is 0 Å². The Hall–Kier alpha value is -2.72. The number of hydrogen-bond donors (Lipinski definition) is 1. The minimum absolute atomic E-state index is 0.131. The van der Waals surface area contributed by atoms with Gasteiger partial charge in [-0.3, -0.25) is 4.79 Å². The molecular formula is C27H31ClN2O2. The number of benzene rings is 2. The van der Waals surface area contributed by atoms with E-state index in [2.05, 4.69) is 22.0 Å². The average Bonchev–Trinajstić information content (AvgIpc) is 3.26. The number of hydrogen-bond acceptors (Lipinski definition) is 2. The van der Waals surface area contributed by atoms with Crippen molar-refractivity contribution in [3.05, 3.63) is 71.4 Å². The number of aromatic nitrogens is 1. The fourth-order valence-electron chi connectivity index (χ4n) is 4.54. The molecule has 0 unspecified atom stereocenters. The number of aryl methyl sites for hydroxylation is 1. The highest BCUT2D eigenvalue weighted by Crippen LogP contribution is 2.29. The van der Waals surface area contributed by atoms with Crippen LogP contribution in [0.2, 0.25) is 5.02 Å². The molecule has 1 amide bonds. The Bertz CT molecular complexity index is 1020. The third-order valence-corrected chi connectivity index (χ3v) is 6.61. The van der Waals surface area contributed by atoms with Gasteiger partial charge in [-0.25, -0.2) is 0 Å². The molecule has 0 bridgehead atoms. The molecule has 1 N–H and O–H groups in total. The molecule has 0 atom stereocenters. The zero-order chi connectivity index (χ0) is 22.3. The van der Waals surface area contributed by atoms with E-state index < -0.39 is 0 Å². The quantitative estimate of drug-likeness (QED) is 0.429. The molecule has 32 heavy (non-hydrogen) atoms. The van der Waals surface area contributed by atoms with Gasteiger partial charge in [0.2, 0.25) is 5.91 Å². The van der Waals surface area contributed by atoms with Gasteiger partial charge in [-0.05, 0) is 79.3 Å². The van der Waals surface area contributed by atoms with Gasteiger partial charge < -0.3 is 14.6 Å². The Morgan fingerprint density at radius 2 is 1.72 bits per heavy atom. The maximum Gasteiger partial charge on any atom is 0.220 e. The minimum Gasteiger partial charge on any atom is -0.497 e. The number of methoxy groups -OCH3 is 1. The lowest BCUT2D eigenvalue weighted by atomic mass is 9.89. The van der Waals surface area contributed by atoms with E-state index in [0.29, 0.717) is 23.8 Å². The predicted octanol–water partition coefficient (Wildman–Crippen LogP) is 6.44. The summed E-state index contributed by atoms with van der Waals surface area (Å²) in [6.45, 7) is 0.814. The fourth-order valence-corrected chi connectivity index (χ4v) is 4.66. The SMILES string of the molecule is COc1ccc(-n2c(CCC(=O)NCC3CCCCC3)ccc2-c2ccc(Cl)cc2)cc1. The van der Waals surface area contributed by atoms with Gasteiger partial charge in [0.05, 0.1) is 12.8 Å². The van der Waals surface area contributed by atoms with Crippen molar-refractivity contribution in [2.75, 3.05) is 13.7 Å². The molecule has 0 spiro atoms. The summed E-state index contributed by atoms with van der Waals surface area (Å²) >= 11 is 6.10. The number of carbonyl (C=O) groups excluding carboxylic acids is 1. The van der Waals surface area contributed by atoms with Crippen LogP contribution in [0.4, 0.5) is 0 Å². The van der Waals surface area contributed by atoms with Crippen LogP contribution in [0.25, 0.3) is 16.9 Å². The average molecular weight is 451 g/mol. The van der Waals surface area contributed by atoms with Crippen molar-refractivity contribution in [1.29, 1.82) is 0 Å². The Balaban J connectivity index is 1.51. The van der Waals surface area contributed by atoms with Gasteiger partial charge in [0.1, 0.15) is 5.75 Å². The first-order chi connectivity index (χ1) is 15.6. The summed E-state index contributed by atoms with van der Waals surface area (Å²) in [5, 5.41) is 3.88. The van der Waals surface area contributed by atoms with Crippen LogP contribution in [0.3, 0.4) is 0 Å². The van der Waals surface area contributed by atoms with E-state index in [1.165, 1.54) is 32.1 Å². The van der Waals surface area contributed by atoms with Crippen LogP contribution in [0.15, 0.2) is 60.7 Å². The fraction of sp³-hybridized carbons (Fsp3) is 0.370. The molecule has 1 saturated carbocycles. The second-order valence-electron chi connectivity index (χ2n) is 8.56. The molecule has 1 aliphatic carbocycles. The van der Waals surface area contributed by atoms with Crippen LogP contribution >= 0.6 is 11.6 Å². The van der Waals surface area contributed by atoms with Crippen molar-refractivity contribution in [2.45, 2.75) is 44.9 Å². The van der Waals surface area contributed by atoms with E-state index in [1.54, 1.807) is 7.11 Å². The first-order valence-corrected chi connectivity index (χ1v) is 11.9. The Morgan fingerprint density at radius 3 is 2.41 bits per heavy atom. The second kappa shape index (κ2) is 10.7. The van der Waals surface area contributed by atoms with E-state index in [9.17, 15) is 4.79 Å². The van der Waals surface area contributed by atoms with E-state index in [-0.39, 0.29) is 5.91 Å². The number of carbonyl (C=O) groups is 1.